The van der Waals surface area contributed by atoms with E-state index < -0.39 is 17.1 Å². The van der Waals surface area contributed by atoms with Gasteiger partial charge < -0.3 is 19.9 Å². The first-order valence-corrected chi connectivity index (χ1v) is 9.16. The summed E-state index contributed by atoms with van der Waals surface area (Å²) in [5.41, 5.74) is -0.0434. The number of amides is 2. The van der Waals surface area contributed by atoms with E-state index in [0.29, 0.717) is 13.1 Å². The molecule has 0 saturated carbocycles. The molecule has 7 heteroatoms. The van der Waals surface area contributed by atoms with Crippen molar-refractivity contribution in [3.8, 4) is 5.75 Å². The third-order valence-corrected chi connectivity index (χ3v) is 5.28. The molecule has 0 aliphatic carbocycles. The van der Waals surface area contributed by atoms with Crippen LogP contribution in [-0.2, 0) is 6.54 Å². The normalized spacial score (nSPS) is 18.6. The maximum absolute atomic E-state index is 12.7. The second kappa shape index (κ2) is 6.90. The number of hydrogen-bond acceptors (Lipinski definition) is 4. The second-order valence-corrected chi connectivity index (χ2v) is 7.05. The molecule has 4 rings (SSSR count). The van der Waals surface area contributed by atoms with Gasteiger partial charge in [0.2, 0.25) is 5.43 Å². The summed E-state index contributed by atoms with van der Waals surface area (Å²) in [4.78, 5) is 39.5. The summed E-state index contributed by atoms with van der Waals surface area (Å²) in [7, 11) is 0. The zero-order valence-electron chi connectivity index (χ0n) is 14.9. The minimum absolute atomic E-state index is 0.00207. The van der Waals surface area contributed by atoms with Crippen LogP contribution in [0.4, 0.5) is 0 Å². The Bertz CT molecular complexity index is 952. The van der Waals surface area contributed by atoms with E-state index in [-0.39, 0.29) is 29.8 Å². The fourth-order valence-electron chi connectivity index (χ4n) is 3.84. The fraction of sp³-hybridized carbons (Fsp3) is 0.350. The Labute approximate surface area is 156 Å². The van der Waals surface area contributed by atoms with Gasteiger partial charge in [-0.3, -0.25) is 14.4 Å². The van der Waals surface area contributed by atoms with E-state index in [1.54, 1.807) is 9.47 Å². The quantitative estimate of drug-likeness (QED) is 0.863. The molecule has 2 aromatic rings. The molecule has 3 heterocycles. The van der Waals surface area contributed by atoms with Crippen LogP contribution in [-0.4, -0.2) is 39.5 Å². The molecule has 140 valence electrons. The minimum Gasteiger partial charge on any atom is -0.503 e. The maximum Gasteiger partial charge on any atom is 0.274 e. The Morgan fingerprint density at radius 3 is 2.74 bits per heavy atom. The molecule has 2 bridgehead atoms. The van der Waals surface area contributed by atoms with Crippen LogP contribution in [0, 0.1) is 0 Å². The molecule has 1 atom stereocenters. The molecule has 1 fully saturated rings. The summed E-state index contributed by atoms with van der Waals surface area (Å²) in [6.07, 6.45) is 4.12. The lowest BCUT2D eigenvalue weighted by Gasteiger charge is -2.34. The zero-order valence-corrected chi connectivity index (χ0v) is 14.9. The van der Waals surface area contributed by atoms with Gasteiger partial charge in [0.05, 0.1) is 6.04 Å². The van der Waals surface area contributed by atoms with E-state index in [0.717, 1.165) is 24.8 Å². The highest BCUT2D eigenvalue weighted by molar-refractivity contribution is 5.99. The van der Waals surface area contributed by atoms with Gasteiger partial charge >= 0.3 is 0 Å². The summed E-state index contributed by atoms with van der Waals surface area (Å²) in [6.45, 7) is 1.44. The minimum atomic E-state index is -0.806. The van der Waals surface area contributed by atoms with Crippen molar-refractivity contribution in [1.29, 1.82) is 0 Å². The molecule has 1 aromatic carbocycles. The van der Waals surface area contributed by atoms with Crippen molar-refractivity contribution in [2.45, 2.75) is 31.8 Å². The molecular formula is C20H21N3O4. The average Bonchev–Trinajstić information content (AvgIpc) is 2.91. The molecule has 2 amide bonds. The van der Waals surface area contributed by atoms with Gasteiger partial charge in [0.15, 0.2) is 11.4 Å². The first-order chi connectivity index (χ1) is 13.1. The number of fused-ring (bicyclic) bond motifs is 4. The van der Waals surface area contributed by atoms with Gasteiger partial charge in [-0.1, -0.05) is 30.3 Å². The molecule has 7 nitrogen and oxygen atoms in total. The predicted octanol–water partition coefficient (Wildman–Crippen LogP) is 1.66. The largest absolute Gasteiger partial charge is 0.503 e. The van der Waals surface area contributed by atoms with Crippen molar-refractivity contribution in [3.63, 3.8) is 0 Å². The van der Waals surface area contributed by atoms with Gasteiger partial charge in [0, 0.05) is 25.8 Å². The molecule has 2 N–H and O–H groups in total. The number of carbonyl (C=O) groups excluding carboxylic acids is 2. The first-order valence-electron chi connectivity index (χ1n) is 9.16. The number of benzene rings is 1. The molecule has 27 heavy (non-hydrogen) atoms. The maximum atomic E-state index is 12.7. The Kier molecular flexibility index (Phi) is 4.43. The number of aromatic hydroxyl groups is 1. The van der Waals surface area contributed by atoms with E-state index in [4.69, 9.17) is 0 Å². The van der Waals surface area contributed by atoms with Gasteiger partial charge in [-0.05, 0) is 24.8 Å². The van der Waals surface area contributed by atoms with Gasteiger partial charge in [0.25, 0.3) is 11.8 Å². The molecule has 1 unspecified atom stereocenters. The third kappa shape index (κ3) is 3.09. The van der Waals surface area contributed by atoms with Crippen LogP contribution in [0.25, 0.3) is 0 Å². The van der Waals surface area contributed by atoms with Crippen LogP contribution in [0.3, 0.4) is 0 Å². The number of aromatic nitrogens is 1. The van der Waals surface area contributed by atoms with E-state index in [9.17, 15) is 19.5 Å². The summed E-state index contributed by atoms with van der Waals surface area (Å²) < 4.78 is 1.62. The van der Waals surface area contributed by atoms with Crippen molar-refractivity contribution >= 4 is 11.8 Å². The van der Waals surface area contributed by atoms with Crippen LogP contribution in [0.2, 0.25) is 0 Å². The van der Waals surface area contributed by atoms with Crippen molar-refractivity contribution in [2.24, 2.45) is 0 Å². The van der Waals surface area contributed by atoms with Crippen LogP contribution in [0.5, 0.6) is 5.75 Å². The second-order valence-electron chi connectivity index (χ2n) is 7.05. The Balaban J connectivity index is 1.68. The fourth-order valence-corrected chi connectivity index (χ4v) is 3.84. The number of rotatable bonds is 3. The monoisotopic (exact) mass is 367 g/mol. The van der Waals surface area contributed by atoms with Crippen LogP contribution in [0.1, 0.15) is 51.7 Å². The molecular weight excluding hydrogens is 346 g/mol. The highest BCUT2D eigenvalue weighted by Gasteiger charge is 2.36. The van der Waals surface area contributed by atoms with Crippen molar-refractivity contribution < 1.29 is 14.7 Å². The lowest BCUT2D eigenvalue weighted by Crippen LogP contribution is -2.44. The van der Waals surface area contributed by atoms with Crippen LogP contribution >= 0.6 is 0 Å². The van der Waals surface area contributed by atoms with Gasteiger partial charge in [0.1, 0.15) is 5.56 Å². The molecule has 2 aliphatic rings. The summed E-state index contributed by atoms with van der Waals surface area (Å²) in [6, 6.07) is 9.32. The summed E-state index contributed by atoms with van der Waals surface area (Å²) in [5.74, 6) is -1.54. The molecule has 0 radical (unpaired) electrons. The number of carbonyl (C=O) groups is 2. The molecule has 1 aromatic heterocycles. The number of nitrogens with one attached hydrogen (secondary N) is 1. The van der Waals surface area contributed by atoms with Gasteiger partial charge in [-0.15, -0.1) is 0 Å². The van der Waals surface area contributed by atoms with E-state index in [2.05, 4.69) is 5.32 Å². The highest BCUT2D eigenvalue weighted by Crippen LogP contribution is 2.31. The van der Waals surface area contributed by atoms with E-state index >= 15 is 0 Å². The lowest BCUT2D eigenvalue weighted by atomic mass is 10.1. The van der Waals surface area contributed by atoms with E-state index in [1.165, 1.54) is 6.20 Å². The SMILES string of the molecule is O=C(NCc1ccccc1)c1cn2c(c(O)c1=O)C(=O)N1CCCCC2C1. The number of nitrogens with zero attached hydrogens (tertiary/aromatic N) is 2. The average molecular weight is 367 g/mol. The smallest absolute Gasteiger partial charge is 0.274 e. The summed E-state index contributed by atoms with van der Waals surface area (Å²) >= 11 is 0. The Morgan fingerprint density at radius 1 is 1.19 bits per heavy atom. The molecule has 2 aliphatic heterocycles. The lowest BCUT2D eigenvalue weighted by molar-refractivity contribution is 0.0677. The Morgan fingerprint density at radius 2 is 1.96 bits per heavy atom. The standard InChI is InChI=1S/C20H21N3O4/c24-17-15(19(26)21-10-13-6-2-1-3-7-13)12-23-14-8-4-5-9-22(11-14)20(27)16(23)18(17)25/h1-3,6-7,12,14,25H,4-5,8-11H2,(H,21,26). The first kappa shape index (κ1) is 17.3. The Hall–Kier alpha value is -3.09. The topological polar surface area (TPSA) is 91.6 Å². The van der Waals surface area contributed by atoms with Gasteiger partial charge in [-0.2, -0.15) is 0 Å². The van der Waals surface area contributed by atoms with Crippen molar-refractivity contribution in [2.75, 3.05) is 13.1 Å². The zero-order chi connectivity index (χ0) is 19.0. The molecule has 0 spiro atoms. The highest BCUT2D eigenvalue weighted by atomic mass is 16.3. The number of pyridine rings is 1. The van der Waals surface area contributed by atoms with Crippen molar-refractivity contribution in [1.82, 2.24) is 14.8 Å². The third-order valence-electron chi connectivity index (χ3n) is 5.28. The van der Waals surface area contributed by atoms with E-state index in [1.807, 2.05) is 30.3 Å². The van der Waals surface area contributed by atoms with Crippen LogP contribution < -0.4 is 10.7 Å². The summed E-state index contributed by atoms with van der Waals surface area (Å²) in [5, 5.41) is 13.1. The van der Waals surface area contributed by atoms with Gasteiger partial charge in [-0.25, -0.2) is 0 Å². The predicted molar refractivity (Wildman–Crippen MR) is 98.8 cm³/mol. The van der Waals surface area contributed by atoms with Crippen molar-refractivity contribution in [3.05, 3.63) is 63.6 Å². The number of hydrogen-bond donors (Lipinski definition) is 2. The van der Waals surface area contributed by atoms with Crippen LogP contribution in [0.15, 0.2) is 41.3 Å². The molecule has 1 saturated heterocycles.